The summed E-state index contributed by atoms with van der Waals surface area (Å²) >= 11 is 0. The molecule has 1 heterocycles. The molecule has 0 atom stereocenters. The van der Waals surface area contributed by atoms with E-state index in [0.717, 1.165) is 9.75 Å². The van der Waals surface area contributed by atoms with Gasteiger partial charge in [-0.1, -0.05) is 41.5 Å². The minimum absolute atomic E-state index is 0.0122. The SMILES string of the molecule is CC(C)(C)c1s[s+]c(C(C)(C)C)c1[O-]. The van der Waals surface area contributed by atoms with E-state index < -0.39 is 0 Å². The van der Waals surface area contributed by atoms with Gasteiger partial charge >= 0.3 is 0 Å². The molecule has 0 saturated carbocycles. The summed E-state index contributed by atoms with van der Waals surface area (Å²) in [4.78, 5) is 1.99. The second-order valence-electron chi connectivity index (χ2n) is 5.65. The first kappa shape index (κ1) is 11.9. The van der Waals surface area contributed by atoms with Gasteiger partial charge in [0.2, 0.25) is 4.88 Å². The van der Waals surface area contributed by atoms with Gasteiger partial charge in [0.1, 0.15) is 0 Å². The molecule has 3 heteroatoms. The second-order valence-corrected chi connectivity index (χ2v) is 7.80. The first-order chi connectivity index (χ1) is 6.14. The van der Waals surface area contributed by atoms with Crippen molar-refractivity contribution in [2.75, 3.05) is 0 Å². The molecule has 0 bridgehead atoms. The third-order valence-electron chi connectivity index (χ3n) is 1.98. The standard InChI is InChI=1S/C11H18OS2/c1-10(2,3)8-7(12)9(14-13-8)11(4,5)6/h1-6H3. The van der Waals surface area contributed by atoms with E-state index in [9.17, 15) is 5.11 Å². The van der Waals surface area contributed by atoms with E-state index in [1.165, 1.54) is 0 Å². The van der Waals surface area contributed by atoms with Crippen LogP contribution >= 0.6 is 20.7 Å². The fraction of sp³-hybridized carbons (Fsp3) is 0.727. The summed E-state index contributed by atoms with van der Waals surface area (Å²) in [5.74, 6) is 0.264. The van der Waals surface area contributed by atoms with Crippen molar-refractivity contribution in [2.24, 2.45) is 0 Å². The van der Waals surface area contributed by atoms with Gasteiger partial charge in [-0.3, -0.25) is 0 Å². The lowest BCUT2D eigenvalue weighted by Crippen LogP contribution is -2.16. The minimum atomic E-state index is -0.0122. The van der Waals surface area contributed by atoms with Crippen LogP contribution in [0.15, 0.2) is 0 Å². The molecule has 0 aliphatic carbocycles. The number of rotatable bonds is 0. The molecule has 0 aromatic carbocycles. The summed E-state index contributed by atoms with van der Waals surface area (Å²) in [5, 5.41) is 12.1. The maximum absolute atomic E-state index is 12.1. The summed E-state index contributed by atoms with van der Waals surface area (Å²) in [6.07, 6.45) is 0. The largest absolute Gasteiger partial charge is 0.868 e. The molecule has 0 aliphatic heterocycles. The molecule has 1 rings (SSSR count). The Balaban J connectivity index is 3.23. The Hall–Kier alpha value is -0.150. The van der Waals surface area contributed by atoms with Crippen LogP contribution in [0.4, 0.5) is 0 Å². The number of hydrogen-bond acceptors (Lipinski definition) is 2. The molecule has 0 spiro atoms. The molecular weight excluding hydrogens is 212 g/mol. The van der Waals surface area contributed by atoms with Crippen LogP contribution in [0.2, 0.25) is 0 Å². The van der Waals surface area contributed by atoms with E-state index in [2.05, 4.69) is 41.5 Å². The summed E-state index contributed by atoms with van der Waals surface area (Å²) in [5.41, 5.74) is -0.0243. The Morgan fingerprint density at radius 1 is 1.00 bits per heavy atom. The van der Waals surface area contributed by atoms with Crippen molar-refractivity contribution < 1.29 is 5.11 Å². The van der Waals surface area contributed by atoms with Gasteiger partial charge in [0.15, 0.2) is 10.3 Å². The lowest BCUT2D eigenvalue weighted by Gasteiger charge is -2.21. The molecule has 14 heavy (non-hydrogen) atoms. The fourth-order valence-electron chi connectivity index (χ4n) is 1.19. The molecule has 80 valence electrons. The van der Waals surface area contributed by atoms with Crippen LogP contribution in [0.5, 0.6) is 5.75 Å². The van der Waals surface area contributed by atoms with E-state index >= 15 is 0 Å². The van der Waals surface area contributed by atoms with Crippen molar-refractivity contribution in [1.82, 2.24) is 0 Å². The zero-order valence-corrected chi connectivity index (χ0v) is 11.4. The first-order valence-corrected chi connectivity index (χ1v) is 6.93. The van der Waals surface area contributed by atoms with Crippen LogP contribution in [0.1, 0.15) is 51.3 Å². The normalized spacial score (nSPS) is 13.3. The van der Waals surface area contributed by atoms with E-state index in [0.29, 0.717) is 0 Å². The molecule has 0 aliphatic rings. The zero-order chi connectivity index (χ0) is 11.1. The molecule has 0 unspecified atom stereocenters. The molecule has 1 aromatic rings. The van der Waals surface area contributed by atoms with Gasteiger partial charge < -0.3 is 5.11 Å². The van der Waals surface area contributed by atoms with Crippen LogP contribution in [-0.2, 0) is 10.8 Å². The molecule has 1 aromatic heterocycles. The summed E-state index contributed by atoms with van der Waals surface area (Å²) in [7, 11) is 3.28. The highest BCUT2D eigenvalue weighted by atomic mass is 32.9. The topological polar surface area (TPSA) is 23.1 Å². The van der Waals surface area contributed by atoms with Crippen LogP contribution < -0.4 is 5.11 Å². The van der Waals surface area contributed by atoms with Gasteiger partial charge in [-0.2, -0.15) is 0 Å². The summed E-state index contributed by atoms with van der Waals surface area (Å²) < 4.78 is 0. The van der Waals surface area contributed by atoms with E-state index in [-0.39, 0.29) is 16.6 Å². The Morgan fingerprint density at radius 2 is 1.50 bits per heavy atom. The average Bonchev–Trinajstić information content (AvgIpc) is 2.26. The third kappa shape index (κ3) is 2.26. The summed E-state index contributed by atoms with van der Waals surface area (Å²) in [6.45, 7) is 12.6. The zero-order valence-electron chi connectivity index (χ0n) is 9.72. The molecule has 0 radical (unpaired) electrons. The summed E-state index contributed by atoms with van der Waals surface area (Å²) in [6, 6.07) is 0. The lowest BCUT2D eigenvalue weighted by molar-refractivity contribution is -0.270. The fourth-order valence-corrected chi connectivity index (χ4v) is 4.73. The molecule has 0 fully saturated rings. The van der Waals surface area contributed by atoms with E-state index in [1.54, 1.807) is 20.7 Å². The van der Waals surface area contributed by atoms with Crippen molar-refractivity contribution >= 4 is 20.7 Å². The van der Waals surface area contributed by atoms with Gasteiger partial charge in [-0.05, 0) is 5.75 Å². The highest BCUT2D eigenvalue weighted by molar-refractivity contribution is 7.69. The van der Waals surface area contributed by atoms with Gasteiger partial charge in [0.05, 0.1) is 4.88 Å². The second kappa shape index (κ2) is 3.46. The van der Waals surface area contributed by atoms with Gasteiger partial charge in [-0.15, -0.1) is 0 Å². The molecule has 0 saturated heterocycles. The van der Waals surface area contributed by atoms with Crippen molar-refractivity contribution in [1.29, 1.82) is 0 Å². The van der Waals surface area contributed by atoms with Crippen LogP contribution in [0.3, 0.4) is 0 Å². The van der Waals surface area contributed by atoms with Crippen LogP contribution in [0.25, 0.3) is 0 Å². The number of hydrogen-bond donors (Lipinski definition) is 0. The predicted molar refractivity (Wildman–Crippen MR) is 63.4 cm³/mol. The van der Waals surface area contributed by atoms with Crippen LogP contribution in [0, 0.1) is 0 Å². The van der Waals surface area contributed by atoms with Gasteiger partial charge in [0, 0.05) is 10.8 Å². The molecule has 0 amide bonds. The van der Waals surface area contributed by atoms with Crippen molar-refractivity contribution in [3.63, 3.8) is 0 Å². The Bertz CT molecular complexity index is 295. The Kier molecular flexibility index (Phi) is 2.94. The maximum atomic E-state index is 12.1. The Morgan fingerprint density at radius 3 is 1.71 bits per heavy atom. The van der Waals surface area contributed by atoms with Crippen molar-refractivity contribution in [3.8, 4) is 5.75 Å². The smallest absolute Gasteiger partial charge is 0.295 e. The minimum Gasteiger partial charge on any atom is -0.868 e. The maximum Gasteiger partial charge on any atom is 0.295 e. The third-order valence-corrected chi connectivity index (χ3v) is 5.25. The van der Waals surface area contributed by atoms with Crippen molar-refractivity contribution in [2.45, 2.75) is 52.4 Å². The van der Waals surface area contributed by atoms with Crippen LogP contribution in [-0.4, -0.2) is 0 Å². The first-order valence-electron chi connectivity index (χ1n) is 4.78. The molecule has 1 nitrogen and oxygen atoms in total. The quantitative estimate of drug-likeness (QED) is 0.491. The highest BCUT2D eigenvalue weighted by Gasteiger charge is 2.32. The molecule has 0 N–H and O–H groups in total. The van der Waals surface area contributed by atoms with Gasteiger partial charge in [-0.25, -0.2) is 0 Å². The predicted octanol–water partition coefficient (Wildman–Crippen LogP) is 3.76. The lowest BCUT2D eigenvalue weighted by atomic mass is 9.89. The van der Waals surface area contributed by atoms with Gasteiger partial charge in [0.25, 0.3) is 10.3 Å². The Labute approximate surface area is 93.8 Å². The van der Waals surface area contributed by atoms with Crippen molar-refractivity contribution in [3.05, 3.63) is 9.75 Å². The van der Waals surface area contributed by atoms with E-state index in [1.807, 2.05) is 0 Å². The average molecular weight is 230 g/mol. The monoisotopic (exact) mass is 230 g/mol. The highest BCUT2D eigenvalue weighted by Crippen LogP contribution is 2.45. The van der Waals surface area contributed by atoms with E-state index in [4.69, 9.17) is 0 Å². The molecular formula is C11H18OS2.